The maximum atomic E-state index is 13.2. The number of rotatable bonds is 11. The molecule has 0 atom stereocenters. The molecule has 172 valence electrons. The lowest BCUT2D eigenvalue weighted by Crippen LogP contribution is -2.28. The summed E-state index contributed by atoms with van der Waals surface area (Å²) >= 11 is 5.87. The summed E-state index contributed by atoms with van der Waals surface area (Å²) in [7, 11) is 1.74. The van der Waals surface area contributed by atoms with E-state index in [4.69, 9.17) is 21.1 Å². The van der Waals surface area contributed by atoms with Crippen LogP contribution in [-0.4, -0.2) is 29.6 Å². The quantitative estimate of drug-likeness (QED) is 0.321. The summed E-state index contributed by atoms with van der Waals surface area (Å²) in [6.45, 7) is 3.19. The molecular formula is C27H28ClNO4. The number of nitrogens with zero attached hydrogens (tertiary/aromatic N) is 1. The Bertz CT molecular complexity index is 1070. The van der Waals surface area contributed by atoms with Crippen LogP contribution in [0, 0.1) is 0 Å². The molecule has 0 heterocycles. The molecule has 0 aliphatic carbocycles. The van der Waals surface area contributed by atoms with Crippen LogP contribution in [0.15, 0.2) is 72.8 Å². The average molecular weight is 466 g/mol. The fourth-order valence-electron chi connectivity index (χ4n) is 3.29. The molecule has 3 aromatic carbocycles. The monoisotopic (exact) mass is 465 g/mol. The van der Waals surface area contributed by atoms with Gasteiger partial charge in [-0.1, -0.05) is 74.0 Å². The SMILES string of the molecule is CCCCN(C)C(=O)c1cc(C(=O)Cl)c(OCc2ccccc2)cc1OCc1ccccc1. The van der Waals surface area contributed by atoms with Crippen LogP contribution < -0.4 is 9.47 Å². The normalized spacial score (nSPS) is 10.5. The molecule has 0 aliphatic rings. The van der Waals surface area contributed by atoms with Crippen LogP contribution in [0.25, 0.3) is 0 Å². The third kappa shape index (κ3) is 6.83. The summed E-state index contributed by atoms with van der Waals surface area (Å²) in [5.41, 5.74) is 2.31. The Morgan fingerprint density at radius 3 is 1.82 bits per heavy atom. The highest BCUT2D eigenvalue weighted by atomic mass is 35.5. The van der Waals surface area contributed by atoms with E-state index in [1.165, 1.54) is 6.07 Å². The van der Waals surface area contributed by atoms with Crippen molar-refractivity contribution in [3.8, 4) is 11.5 Å². The fourth-order valence-corrected chi connectivity index (χ4v) is 3.44. The summed E-state index contributed by atoms with van der Waals surface area (Å²) < 4.78 is 12.0. The largest absolute Gasteiger partial charge is 0.488 e. The second-order valence-electron chi connectivity index (χ2n) is 7.75. The second kappa shape index (κ2) is 12.1. The highest BCUT2D eigenvalue weighted by Gasteiger charge is 2.23. The Balaban J connectivity index is 1.95. The maximum absolute atomic E-state index is 13.2. The predicted molar refractivity (Wildman–Crippen MR) is 130 cm³/mol. The van der Waals surface area contributed by atoms with Gasteiger partial charge in [-0.3, -0.25) is 9.59 Å². The van der Waals surface area contributed by atoms with E-state index in [9.17, 15) is 9.59 Å². The second-order valence-corrected chi connectivity index (χ2v) is 8.09. The van der Waals surface area contributed by atoms with E-state index in [2.05, 4.69) is 6.92 Å². The summed E-state index contributed by atoms with van der Waals surface area (Å²) in [5, 5.41) is -0.696. The Morgan fingerprint density at radius 1 is 0.818 bits per heavy atom. The van der Waals surface area contributed by atoms with E-state index in [0.29, 0.717) is 12.3 Å². The van der Waals surface area contributed by atoms with Gasteiger partial charge in [0.05, 0.1) is 11.1 Å². The predicted octanol–water partition coefficient (Wildman–Crippen LogP) is 6.10. The van der Waals surface area contributed by atoms with Gasteiger partial charge in [0, 0.05) is 19.7 Å². The number of carbonyl (C=O) groups is 2. The van der Waals surface area contributed by atoms with Crippen molar-refractivity contribution in [3.05, 3.63) is 95.1 Å². The number of carbonyl (C=O) groups excluding carboxylic acids is 2. The molecule has 3 rings (SSSR count). The van der Waals surface area contributed by atoms with Crippen molar-refractivity contribution in [2.75, 3.05) is 13.6 Å². The number of hydrogen-bond donors (Lipinski definition) is 0. The number of halogens is 1. The lowest BCUT2D eigenvalue weighted by molar-refractivity contribution is 0.0788. The number of amides is 1. The molecule has 3 aromatic rings. The van der Waals surface area contributed by atoms with Crippen molar-refractivity contribution in [2.45, 2.75) is 33.0 Å². The van der Waals surface area contributed by atoms with Gasteiger partial charge in [0.25, 0.3) is 11.1 Å². The Morgan fingerprint density at radius 2 is 1.33 bits per heavy atom. The lowest BCUT2D eigenvalue weighted by Gasteiger charge is -2.21. The maximum Gasteiger partial charge on any atom is 0.257 e. The molecule has 0 spiro atoms. The Labute approximate surface area is 199 Å². The topological polar surface area (TPSA) is 55.8 Å². The highest BCUT2D eigenvalue weighted by Crippen LogP contribution is 2.32. The zero-order chi connectivity index (χ0) is 23.6. The van der Waals surface area contributed by atoms with Gasteiger partial charge < -0.3 is 14.4 Å². The highest BCUT2D eigenvalue weighted by molar-refractivity contribution is 6.68. The minimum Gasteiger partial charge on any atom is -0.488 e. The third-order valence-electron chi connectivity index (χ3n) is 5.19. The molecule has 0 aliphatic heterocycles. The van der Waals surface area contributed by atoms with Gasteiger partial charge in [-0.25, -0.2) is 0 Å². The number of benzene rings is 3. The first-order valence-corrected chi connectivity index (χ1v) is 11.3. The van der Waals surface area contributed by atoms with Gasteiger partial charge in [-0.2, -0.15) is 0 Å². The molecule has 0 saturated heterocycles. The molecule has 1 amide bonds. The van der Waals surface area contributed by atoms with Crippen molar-refractivity contribution < 1.29 is 19.1 Å². The van der Waals surface area contributed by atoms with Crippen molar-refractivity contribution in [1.82, 2.24) is 4.90 Å². The zero-order valence-corrected chi connectivity index (χ0v) is 19.7. The number of unbranched alkanes of at least 4 members (excludes halogenated alkanes) is 1. The van der Waals surface area contributed by atoms with E-state index in [-0.39, 0.29) is 36.0 Å². The average Bonchev–Trinajstić information content (AvgIpc) is 2.85. The first kappa shape index (κ1) is 24.3. The first-order valence-electron chi connectivity index (χ1n) is 11.0. The summed E-state index contributed by atoms with van der Waals surface area (Å²) in [6.07, 6.45) is 1.84. The Kier molecular flexibility index (Phi) is 8.90. The van der Waals surface area contributed by atoms with Crippen LogP contribution in [0.4, 0.5) is 0 Å². The van der Waals surface area contributed by atoms with Crippen molar-refractivity contribution in [2.24, 2.45) is 0 Å². The van der Waals surface area contributed by atoms with E-state index in [0.717, 1.165) is 24.0 Å². The van der Waals surface area contributed by atoms with Gasteiger partial charge in [0.1, 0.15) is 24.7 Å². The van der Waals surface area contributed by atoms with Crippen LogP contribution in [0.3, 0.4) is 0 Å². The minimum atomic E-state index is -0.696. The smallest absolute Gasteiger partial charge is 0.257 e. The molecule has 0 unspecified atom stereocenters. The summed E-state index contributed by atoms with van der Waals surface area (Å²) in [4.78, 5) is 27.0. The lowest BCUT2D eigenvalue weighted by atomic mass is 10.1. The van der Waals surface area contributed by atoms with Crippen LogP contribution in [0.1, 0.15) is 51.6 Å². The van der Waals surface area contributed by atoms with Gasteiger partial charge >= 0.3 is 0 Å². The molecule has 0 saturated carbocycles. The van der Waals surface area contributed by atoms with Crippen molar-refractivity contribution in [3.63, 3.8) is 0 Å². The van der Waals surface area contributed by atoms with E-state index >= 15 is 0 Å². The standard InChI is InChI=1S/C27H28ClNO4/c1-3-4-15-29(2)27(31)23-16-22(26(28)30)24(32-18-20-11-7-5-8-12-20)17-25(23)33-19-21-13-9-6-10-14-21/h5-14,16-17H,3-4,15,18-19H2,1-2H3. The molecular weight excluding hydrogens is 438 g/mol. The van der Waals surface area contributed by atoms with Crippen LogP contribution in [-0.2, 0) is 13.2 Å². The fraction of sp³-hybridized carbons (Fsp3) is 0.259. The molecule has 0 bridgehead atoms. The van der Waals surface area contributed by atoms with Gasteiger partial charge in [0.2, 0.25) is 0 Å². The summed E-state index contributed by atoms with van der Waals surface area (Å²) in [6, 6.07) is 22.3. The zero-order valence-electron chi connectivity index (χ0n) is 18.9. The van der Waals surface area contributed by atoms with E-state index < -0.39 is 5.24 Å². The summed E-state index contributed by atoms with van der Waals surface area (Å²) in [5.74, 6) is 0.381. The van der Waals surface area contributed by atoms with E-state index in [1.807, 2.05) is 60.7 Å². The molecule has 0 radical (unpaired) electrons. The number of hydrogen-bond acceptors (Lipinski definition) is 4. The van der Waals surface area contributed by atoms with Crippen LogP contribution in [0.5, 0.6) is 11.5 Å². The molecule has 0 N–H and O–H groups in total. The minimum absolute atomic E-state index is 0.131. The Hall–Kier alpha value is -3.31. The van der Waals surface area contributed by atoms with Crippen LogP contribution in [0.2, 0.25) is 0 Å². The van der Waals surface area contributed by atoms with Gasteiger partial charge in [0.15, 0.2) is 0 Å². The molecule has 0 fully saturated rings. The first-order chi connectivity index (χ1) is 16.0. The van der Waals surface area contributed by atoms with Gasteiger partial charge in [-0.15, -0.1) is 0 Å². The molecule has 5 nitrogen and oxygen atoms in total. The van der Waals surface area contributed by atoms with Crippen molar-refractivity contribution >= 4 is 22.8 Å². The van der Waals surface area contributed by atoms with Crippen LogP contribution >= 0.6 is 11.6 Å². The number of ether oxygens (including phenoxy) is 2. The molecule has 33 heavy (non-hydrogen) atoms. The van der Waals surface area contributed by atoms with E-state index in [1.54, 1.807) is 18.0 Å². The third-order valence-corrected chi connectivity index (χ3v) is 5.40. The van der Waals surface area contributed by atoms with Gasteiger partial charge in [-0.05, 0) is 35.2 Å². The van der Waals surface area contributed by atoms with Crippen molar-refractivity contribution in [1.29, 1.82) is 0 Å². The molecule has 6 heteroatoms. The molecule has 0 aromatic heterocycles.